The van der Waals surface area contributed by atoms with Gasteiger partial charge in [-0.25, -0.2) is 0 Å². The molecule has 0 aliphatic carbocycles. The summed E-state index contributed by atoms with van der Waals surface area (Å²) in [6, 6.07) is 9.60. The van der Waals surface area contributed by atoms with Gasteiger partial charge >= 0.3 is 0 Å². The first kappa shape index (κ1) is 16.1. The summed E-state index contributed by atoms with van der Waals surface area (Å²) in [5.74, 6) is 0.212. The minimum atomic E-state index is 0.0665. The van der Waals surface area contributed by atoms with E-state index in [0.717, 1.165) is 56.3 Å². The Morgan fingerprint density at radius 1 is 1.08 bits per heavy atom. The summed E-state index contributed by atoms with van der Waals surface area (Å²) in [6.07, 6.45) is 5.04. The monoisotopic (exact) mass is 337 g/mol. The van der Waals surface area contributed by atoms with E-state index >= 15 is 0 Å². The van der Waals surface area contributed by atoms with Gasteiger partial charge in [0.15, 0.2) is 0 Å². The van der Waals surface area contributed by atoms with Crippen LogP contribution in [0.25, 0.3) is 10.9 Å². The van der Waals surface area contributed by atoms with Crippen LogP contribution in [0.1, 0.15) is 36.5 Å². The first-order valence-electron chi connectivity index (χ1n) is 8.96. The molecule has 1 aromatic heterocycles. The van der Waals surface area contributed by atoms with E-state index in [2.05, 4.69) is 4.98 Å². The Bertz CT molecular complexity index is 827. The van der Waals surface area contributed by atoms with E-state index in [9.17, 15) is 9.59 Å². The van der Waals surface area contributed by atoms with Crippen LogP contribution in [-0.4, -0.2) is 52.8 Å². The highest BCUT2D eigenvalue weighted by Crippen LogP contribution is 2.39. The van der Waals surface area contributed by atoms with Gasteiger partial charge in [-0.3, -0.25) is 14.6 Å². The lowest BCUT2D eigenvalue weighted by molar-refractivity contribution is -0.131. The molecule has 4 rings (SSSR count). The molecular weight excluding hydrogens is 314 g/mol. The van der Waals surface area contributed by atoms with Crippen LogP contribution in [0, 0.1) is 5.41 Å². The molecule has 0 N–H and O–H groups in total. The van der Waals surface area contributed by atoms with Crippen molar-refractivity contribution in [1.29, 1.82) is 0 Å². The third-order valence-electron chi connectivity index (χ3n) is 5.55. The maximum absolute atomic E-state index is 12.8. The number of hydrogen-bond donors (Lipinski definition) is 0. The number of nitrogens with zero attached hydrogens (tertiary/aromatic N) is 3. The van der Waals surface area contributed by atoms with Crippen molar-refractivity contribution < 1.29 is 9.59 Å². The molecule has 0 bridgehead atoms. The number of benzene rings is 1. The van der Waals surface area contributed by atoms with Gasteiger partial charge in [0, 0.05) is 55.7 Å². The van der Waals surface area contributed by atoms with Gasteiger partial charge in [0.25, 0.3) is 5.91 Å². The Kier molecular flexibility index (Phi) is 3.94. The highest BCUT2D eigenvalue weighted by molar-refractivity contribution is 5.98. The number of fused-ring (bicyclic) bond motifs is 1. The number of carbonyl (C=O) groups is 2. The quantitative estimate of drug-likeness (QED) is 0.804. The topological polar surface area (TPSA) is 53.5 Å². The van der Waals surface area contributed by atoms with Crippen LogP contribution in [0.2, 0.25) is 0 Å². The number of carbonyl (C=O) groups excluding carboxylic acids is 2. The number of hydrogen-bond acceptors (Lipinski definition) is 3. The zero-order chi connectivity index (χ0) is 17.4. The molecule has 2 amide bonds. The average molecular weight is 337 g/mol. The first-order valence-corrected chi connectivity index (χ1v) is 8.96. The molecule has 0 radical (unpaired) electrons. The van der Waals surface area contributed by atoms with Crippen molar-refractivity contribution in [1.82, 2.24) is 14.8 Å². The Hall–Kier alpha value is -2.43. The predicted molar refractivity (Wildman–Crippen MR) is 96.2 cm³/mol. The van der Waals surface area contributed by atoms with E-state index in [0.29, 0.717) is 5.56 Å². The molecule has 2 saturated heterocycles. The lowest BCUT2D eigenvalue weighted by Gasteiger charge is -2.51. The number of rotatable bonds is 1. The van der Waals surface area contributed by atoms with Gasteiger partial charge in [0.1, 0.15) is 0 Å². The number of pyridine rings is 1. The largest absolute Gasteiger partial charge is 0.342 e. The fraction of sp³-hybridized carbons (Fsp3) is 0.450. The Labute approximate surface area is 147 Å². The second-order valence-corrected chi connectivity index (χ2v) is 7.47. The lowest BCUT2D eigenvalue weighted by Crippen LogP contribution is -2.62. The molecule has 0 saturated carbocycles. The van der Waals surface area contributed by atoms with Crippen LogP contribution in [0.5, 0.6) is 0 Å². The molecule has 5 heteroatoms. The molecule has 0 atom stereocenters. The summed E-state index contributed by atoms with van der Waals surface area (Å²) >= 11 is 0. The molecule has 0 unspecified atom stereocenters. The van der Waals surface area contributed by atoms with Crippen molar-refractivity contribution in [2.75, 3.05) is 26.2 Å². The van der Waals surface area contributed by atoms with Crippen LogP contribution >= 0.6 is 0 Å². The fourth-order valence-corrected chi connectivity index (χ4v) is 4.18. The standard InChI is InChI=1S/C20H23N3O2/c1-15(24)22-10-3-2-8-20(12-22)13-23(14-20)19(25)17-7-6-16-5-4-9-21-18(16)11-17/h4-7,9,11H,2-3,8,10,12-14H2,1H3. The molecule has 2 fully saturated rings. The van der Waals surface area contributed by atoms with Crippen LogP contribution < -0.4 is 0 Å². The molecule has 2 aromatic rings. The Morgan fingerprint density at radius 2 is 1.88 bits per heavy atom. The van der Waals surface area contributed by atoms with Crippen molar-refractivity contribution in [3.63, 3.8) is 0 Å². The molecule has 3 heterocycles. The van der Waals surface area contributed by atoms with E-state index in [-0.39, 0.29) is 17.2 Å². The second-order valence-electron chi connectivity index (χ2n) is 7.47. The molecule has 130 valence electrons. The van der Waals surface area contributed by atoms with Gasteiger partial charge in [-0.05, 0) is 31.0 Å². The van der Waals surface area contributed by atoms with Crippen LogP contribution in [0.15, 0.2) is 36.5 Å². The van der Waals surface area contributed by atoms with E-state index in [1.54, 1.807) is 13.1 Å². The third kappa shape index (κ3) is 2.99. The molecular formula is C20H23N3O2. The van der Waals surface area contributed by atoms with E-state index in [4.69, 9.17) is 0 Å². The van der Waals surface area contributed by atoms with Crippen molar-refractivity contribution >= 4 is 22.7 Å². The van der Waals surface area contributed by atoms with E-state index in [1.807, 2.05) is 40.1 Å². The summed E-state index contributed by atoms with van der Waals surface area (Å²) in [5, 5.41) is 1.04. The highest BCUT2D eigenvalue weighted by Gasteiger charge is 2.47. The second kappa shape index (κ2) is 6.14. The zero-order valence-corrected chi connectivity index (χ0v) is 14.6. The third-order valence-corrected chi connectivity index (χ3v) is 5.55. The first-order chi connectivity index (χ1) is 12.1. The van der Waals surface area contributed by atoms with Crippen LogP contribution in [-0.2, 0) is 4.79 Å². The van der Waals surface area contributed by atoms with Gasteiger partial charge in [-0.2, -0.15) is 0 Å². The van der Waals surface area contributed by atoms with Gasteiger partial charge in [-0.1, -0.05) is 18.6 Å². The SMILES string of the molecule is CC(=O)N1CCCCC2(C1)CN(C(=O)c1ccc3cccnc3c1)C2. The summed E-state index contributed by atoms with van der Waals surface area (Å²) in [4.78, 5) is 32.8. The summed E-state index contributed by atoms with van der Waals surface area (Å²) in [5.41, 5.74) is 1.63. The smallest absolute Gasteiger partial charge is 0.253 e. The molecule has 2 aliphatic rings. The Morgan fingerprint density at radius 3 is 2.68 bits per heavy atom. The van der Waals surface area contributed by atoms with Crippen LogP contribution in [0.3, 0.4) is 0 Å². The van der Waals surface area contributed by atoms with Crippen molar-refractivity contribution in [3.05, 3.63) is 42.1 Å². The van der Waals surface area contributed by atoms with Crippen molar-refractivity contribution in [3.8, 4) is 0 Å². The average Bonchev–Trinajstić information content (AvgIpc) is 2.83. The minimum Gasteiger partial charge on any atom is -0.342 e. The summed E-state index contributed by atoms with van der Waals surface area (Å²) in [6.45, 7) is 4.77. The predicted octanol–water partition coefficient (Wildman–Crippen LogP) is 2.71. The maximum atomic E-state index is 12.8. The molecule has 5 nitrogen and oxygen atoms in total. The molecule has 2 aliphatic heterocycles. The normalized spacial score (nSPS) is 19.6. The van der Waals surface area contributed by atoms with Gasteiger partial charge in [-0.15, -0.1) is 0 Å². The number of likely N-dealkylation sites (tertiary alicyclic amines) is 2. The fourth-order valence-electron chi connectivity index (χ4n) is 4.18. The Balaban J connectivity index is 1.48. The van der Waals surface area contributed by atoms with Gasteiger partial charge < -0.3 is 9.80 Å². The number of amides is 2. The van der Waals surface area contributed by atoms with Crippen molar-refractivity contribution in [2.24, 2.45) is 5.41 Å². The highest BCUT2D eigenvalue weighted by atomic mass is 16.2. The van der Waals surface area contributed by atoms with Gasteiger partial charge in [0.05, 0.1) is 5.52 Å². The molecule has 1 aromatic carbocycles. The molecule has 25 heavy (non-hydrogen) atoms. The van der Waals surface area contributed by atoms with Crippen molar-refractivity contribution in [2.45, 2.75) is 26.2 Å². The van der Waals surface area contributed by atoms with Crippen LogP contribution in [0.4, 0.5) is 0 Å². The zero-order valence-electron chi connectivity index (χ0n) is 14.6. The maximum Gasteiger partial charge on any atom is 0.253 e. The lowest BCUT2D eigenvalue weighted by atomic mass is 9.75. The van der Waals surface area contributed by atoms with Gasteiger partial charge in [0.2, 0.25) is 5.91 Å². The summed E-state index contributed by atoms with van der Waals surface area (Å²) in [7, 11) is 0. The molecule has 1 spiro atoms. The van der Waals surface area contributed by atoms with E-state index < -0.39 is 0 Å². The number of aromatic nitrogens is 1. The van der Waals surface area contributed by atoms with E-state index in [1.165, 1.54) is 0 Å². The minimum absolute atomic E-state index is 0.0665. The summed E-state index contributed by atoms with van der Waals surface area (Å²) < 4.78 is 0.